The van der Waals surface area contributed by atoms with E-state index >= 15 is 0 Å². The number of hydrogen-bond donors (Lipinski definition) is 0. The van der Waals surface area contributed by atoms with Gasteiger partial charge in [0.2, 0.25) is 5.91 Å². The fourth-order valence-electron chi connectivity index (χ4n) is 4.93. The number of carbonyl (C=O) groups excluding carboxylic acids is 1. The molecule has 0 N–H and O–H groups in total. The van der Waals surface area contributed by atoms with Crippen LogP contribution in [0.5, 0.6) is 0 Å². The summed E-state index contributed by atoms with van der Waals surface area (Å²) in [5.41, 5.74) is 2.08. The molecular formula is C31H29F3N4OS. The molecule has 1 aromatic heterocycles. The molecule has 1 aliphatic heterocycles. The van der Waals surface area contributed by atoms with E-state index in [2.05, 4.69) is 39.1 Å². The van der Waals surface area contributed by atoms with Crippen LogP contribution in [-0.2, 0) is 11.0 Å². The third kappa shape index (κ3) is 6.54. The Hall–Kier alpha value is -3.69. The lowest BCUT2D eigenvalue weighted by atomic mass is 9.96. The van der Waals surface area contributed by atoms with Crippen LogP contribution in [0, 0.1) is 0 Å². The van der Waals surface area contributed by atoms with Crippen LogP contribution >= 0.6 is 11.8 Å². The van der Waals surface area contributed by atoms with Crippen molar-refractivity contribution in [1.82, 2.24) is 19.8 Å². The summed E-state index contributed by atoms with van der Waals surface area (Å²) >= 11 is 0.958. The van der Waals surface area contributed by atoms with Crippen LogP contribution < -0.4 is 0 Å². The molecule has 1 atom stereocenters. The highest BCUT2D eigenvalue weighted by Gasteiger charge is 2.35. The van der Waals surface area contributed by atoms with E-state index in [9.17, 15) is 18.0 Å². The van der Waals surface area contributed by atoms with Gasteiger partial charge in [-0.3, -0.25) is 9.69 Å². The van der Waals surface area contributed by atoms with E-state index in [1.54, 1.807) is 42.2 Å². The second-order valence-corrected chi connectivity index (χ2v) is 10.9. The Kier molecular flexibility index (Phi) is 8.52. The van der Waals surface area contributed by atoms with Crippen LogP contribution in [0.3, 0.4) is 0 Å². The molecular weight excluding hydrogens is 533 g/mol. The van der Waals surface area contributed by atoms with Gasteiger partial charge in [-0.05, 0) is 24.1 Å². The monoisotopic (exact) mass is 562 g/mol. The molecule has 5 nitrogen and oxygen atoms in total. The SMILES string of the molecule is C[C@@H](Sc1nc(-c2ccccc2)cc(C(F)(F)F)n1)C(=O)N1CCN(C(c2ccccc2)c2ccccc2)CC1. The van der Waals surface area contributed by atoms with E-state index in [0.29, 0.717) is 31.7 Å². The smallest absolute Gasteiger partial charge is 0.339 e. The molecule has 0 spiro atoms. The zero-order valence-electron chi connectivity index (χ0n) is 22.0. The first-order valence-corrected chi connectivity index (χ1v) is 14.0. The van der Waals surface area contributed by atoms with Crippen molar-refractivity contribution in [3.8, 4) is 11.3 Å². The highest BCUT2D eigenvalue weighted by Crippen LogP contribution is 2.34. The van der Waals surface area contributed by atoms with Gasteiger partial charge in [-0.1, -0.05) is 103 Å². The highest BCUT2D eigenvalue weighted by atomic mass is 32.2. The van der Waals surface area contributed by atoms with Gasteiger partial charge < -0.3 is 4.90 Å². The van der Waals surface area contributed by atoms with Crippen molar-refractivity contribution in [1.29, 1.82) is 0 Å². The molecule has 40 heavy (non-hydrogen) atoms. The van der Waals surface area contributed by atoms with Crippen LogP contribution in [0.2, 0.25) is 0 Å². The second-order valence-electron chi connectivity index (χ2n) is 9.63. The van der Waals surface area contributed by atoms with Gasteiger partial charge >= 0.3 is 6.18 Å². The fraction of sp³-hybridized carbons (Fsp3) is 0.258. The number of benzene rings is 3. The maximum Gasteiger partial charge on any atom is 0.433 e. The first-order valence-electron chi connectivity index (χ1n) is 13.1. The van der Waals surface area contributed by atoms with E-state index in [4.69, 9.17) is 0 Å². The van der Waals surface area contributed by atoms with Crippen LogP contribution in [0.15, 0.2) is 102 Å². The predicted molar refractivity (Wildman–Crippen MR) is 151 cm³/mol. The minimum absolute atomic E-state index is 0.0682. The number of halogens is 3. The molecule has 206 valence electrons. The number of amides is 1. The highest BCUT2D eigenvalue weighted by molar-refractivity contribution is 8.00. The first kappa shape index (κ1) is 27.9. The quantitative estimate of drug-likeness (QED) is 0.188. The van der Waals surface area contributed by atoms with Crippen LogP contribution in [0.25, 0.3) is 11.3 Å². The summed E-state index contributed by atoms with van der Waals surface area (Å²) in [6.07, 6.45) is -4.63. The van der Waals surface area contributed by atoms with Gasteiger partial charge in [0.25, 0.3) is 0 Å². The summed E-state index contributed by atoms with van der Waals surface area (Å²) in [7, 11) is 0. The molecule has 2 heterocycles. The molecule has 4 aromatic rings. The summed E-state index contributed by atoms with van der Waals surface area (Å²) in [5.74, 6) is -0.136. The van der Waals surface area contributed by atoms with Crippen LogP contribution in [0.4, 0.5) is 13.2 Å². The number of alkyl halides is 3. The molecule has 9 heteroatoms. The van der Waals surface area contributed by atoms with Crippen molar-refractivity contribution in [2.45, 2.75) is 29.5 Å². The largest absolute Gasteiger partial charge is 0.433 e. The molecule has 0 bridgehead atoms. The van der Waals surface area contributed by atoms with Crippen molar-refractivity contribution in [2.75, 3.05) is 26.2 Å². The molecule has 5 rings (SSSR count). The van der Waals surface area contributed by atoms with Crippen LogP contribution in [-0.4, -0.2) is 57.1 Å². The molecule has 1 fully saturated rings. The maximum atomic E-state index is 13.6. The number of nitrogens with zero attached hydrogens (tertiary/aromatic N) is 4. The Balaban J connectivity index is 1.29. The van der Waals surface area contributed by atoms with Gasteiger partial charge in [-0.15, -0.1) is 0 Å². The van der Waals surface area contributed by atoms with E-state index in [0.717, 1.165) is 17.8 Å². The number of piperazine rings is 1. The topological polar surface area (TPSA) is 49.3 Å². The Morgan fingerprint density at radius 2 is 1.32 bits per heavy atom. The van der Waals surface area contributed by atoms with E-state index in [1.807, 2.05) is 36.4 Å². The predicted octanol–water partition coefficient (Wildman–Crippen LogP) is 6.58. The van der Waals surface area contributed by atoms with Crippen molar-refractivity contribution in [3.63, 3.8) is 0 Å². The normalized spacial score (nSPS) is 15.3. The summed E-state index contributed by atoms with van der Waals surface area (Å²) in [4.78, 5) is 25.6. The van der Waals surface area contributed by atoms with Crippen molar-refractivity contribution >= 4 is 17.7 Å². The maximum absolute atomic E-state index is 13.6. The van der Waals surface area contributed by atoms with Gasteiger partial charge in [0.15, 0.2) is 5.16 Å². The Bertz CT molecular complexity index is 1370. The van der Waals surface area contributed by atoms with Crippen molar-refractivity contribution in [3.05, 3.63) is 114 Å². The third-order valence-electron chi connectivity index (χ3n) is 6.92. The molecule has 1 amide bonds. The molecule has 1 saturated heterocycles. The number of thioether (sulfide) groups is 1. The van der Waals surface area contributed by atoms with E-state index in [-0.39, 0.29) is 22.8 Å². The lowest BCUT2D eigenvalue weighted by Crippen LogP contribution is -2.51. The number of rotatable bonds is 7. The van der Waals surface area contributed by atoms with E-state index in [1.165, 1.54) is 11.1 Å². The minimum atomic E-state index is -4.63. The minimum Gasteiger partial charge on any atom is -0.339 e. The summed E-state index contributed by atoms with van der Waals surface area (Å²) < 4.78 is 40.9. The van der Waals surface area contributed by atoms with Crippen molar-refractivity contribution in [2.24, 2.45) is 0 Å². The average molecular weight is 563 g/mol. The Labute approximate surface area is 236 Å². The van der Waals surface area contributed by atoms with E-state index < -0.39 is 17.1 Å². The average Bonchev–Trinajstić information content (AvgIpc) is 2.98. The Morgan fingerprint density at radius 3 is 1.85 bits per heavy atom. The number of aromatic nitrogens is 2. The standard InChI is InChI=1S/C31H29F3N4OS/c1-22(40-30-35-26(23-11-5-2-6-12-23)21-27(36-30)31(32,33)34)29(39)38-19-17-37(18-20-38)28(24-13-7-3-8-14-24)25-15-9-4-10-16-25/h2-16,21-22,28H,17-20H2,1H3/t22-/m1/s1. The number of hydrogen-bond acceptors (Lipinski definition) is 5. The Morgan fingerprint density at radius 1 is 0.800 bits per heavy atom. The van der Waals surface area contributed by atoms with Gasteiger partial charge in [-0.2, -0.15) is 13.2 Å². The molecule has 0 aliphatic carbocycles. The molecule has 1 aliphatic rings. The second kappa shape index (κ2) is 12.2. The molecule has 0 saturated carbocycles. The zero-order valence-corrected chi connectivity index (χ0v) is 22.8. The van der Waals surface area contributed by atoms with Crippen molar-refractivity contribution < 1.29 is 18.0 Å². The lowest BCUT2D eigenvalue weighted by molar-refractivity contribution is -0.141. The van der Waals surface area contributed by atoms with Gasteiger partial charge in [0.05, 0.1) is 17.0 Å². The lowest BCUT2D eigenvalue weighted by Gasteiger charge is -2.40. The summed E-state index contributed by atoms with van der Waals surface area (Å²) in [6, 6.07) is 30.3. The van der Waals surface area contributed by atoms with Gasteiger partial charge in [-0.25, -0.2) is 9.97 Å². The van der Waals surface area contributed by atoms with Gasteiger partial charge in [0.1, 0.15) is 5.69 Å². The molecule has 3 aromatic carbocycles. The summed E-state index contributed by atoms with van der Waals surface area (Å²) in [6.45, 7) is 4.10. The first-order chi connectivity index (χ1) is 19.3. The zero-order chi connectivity index (χ0) is 28.1. The van der Waals surface area contributed by atoms with Crippen LogP contribution in [0.1, 0.15) is 29.8 Å². The molecule has 0 radical (unpaired) electrons. The molecule has 0 unspecified atom stereocenters. The fourth-order valence-corrected chi connectivity index (χ4v) is 5.80. The number of carbonyl (C=O) groups is 1. The van der Waals surface area contributed by atoms with Gasteiger partial charge in [0, 0.05) is 31.7 Å². The summed E-state index contributed by atoms with van der Waals surface area (Å²) in [5, 5.41) is -0.709. The third-order valence-corrected chi connectivity index (χ3v) is 7.87.